The van der Waals surface area contributed by atoms with Crippen LogP contribution in [0.3, 0.4) is 0 Å². The summed E-state index contributed by atoms with van der Waals surface area (Å²) < 4.78 is 5.65. The van der Waals surface area contributed by atoms with E-state index in [1.54, 1.807) is 0 Å². The molecule has 0 heterocycles. The Kier molecular flexibility index (Phi) is 7.01. The van der Waals surface area contributed by atoms with E-state index in [0.29, 0.717) is 13.0 Å². The second-order valence-corrected chi connectivity index (χ2v) is 5.98. The molecule has 1 N–H and O–H groups in total. The van der Waals surface area contributed by atoms with Gasteiger partial charge in [-0.15, -0.1) is 0 Å². The molecule has 0 saturated carbocycles. The van der Waals surface area contributed by atoms with Crippen molar-refractivity contribution in [2.45, 2.75) is 51.9 Å². The molecule has 2 rings (SSSR count). The predicted octanol–water partition coefficient (Wildman–Crippen LogP) is 4.16. The number of nitrogens with one attached hydrogen (secondary N) is 1. The largest absolute Gasteiger partial charge is 0.494 e. The quantitative estimate of drug-likeness (QED) is 0.578. The zero-order valence-electron chi connectivity index (χ0n) is 13.6. The maximum atomic E-state index is 11.8. The number of benzene rings is 1. The van der Waals surface area contributed by atoms with Crippen molar-refractivity contribution in [1.29, 1.82) is 0 Å². The number of carbonyl (C=O) groups excluding carboxylic acids is 1. The number of carbonyl (C=O) groups is 1. The average molecular weight is 301 g/mol. The first-order valence-electron chi connectivity index (χ1n) is 8.38. The molecule has 1 aliphatic carbocycles. The highest BCUT2D eigenvalue weighted by molar-refractivity contribution is 5.75. The molecule has 0 unspecified atom stereocenters. The Morgan fingerprint density at radius 1 is 1.32 bits per heavy atom. The Morgan fingerprint density at radius 3 is 3.00 bits per heavy atom. The van der Waals surface area contributed by atoms with Crippen molar-refractivity contribution in [1.82, 2.24) is 5.32 Å². The van der Waals surface area contributed by atoms with Gasteiger partial charge in [-0.3, -0.25) is 4.79 Å². The maximum absolute atomic E-state index is 11.8. The molecule has 3 heteroatoms. The Morgan fingerprint density at radius 2 is 2.23 bits per heavy atom. The minimum absolute atomic E-state index is 0.129. The van der Waals surface area contributed by atoms with Crippen LogP contribution in [0.2, 0.25) is 0 Å². The Labute approximate surface area is 133 Å². The minimum Gasteiger partial charge on any atom is -0.494 e. The zero-order chi connectivity index (χ0) is 15.6. The van der Waals surface area contributed by atoms with Gasteiger partial charge in [-0.05, 0) is 63.1 Å². The van der Waals surface area contributed by atoms with Gasteiger partial charge in [0.25, 0.3) is 0 Å². The van der Waals surface area contributed by atoms with Crippen LogP contribution in [0.25, 0.3) is 0 Å². The molecule has 0 bridgehead atoms. The molecule has 1 amide bonds. The van der Waals surface area contributed by atoms with Crippen LogP contribution in [0.4, 0.5) is 0 Å². The number of amides is 1. The molecule has 0 saturated heterocycles. The number of rotatable bonds is 8. The van der Waals surface area contributed by atoms with Gasteiger partial charge in [-0.25, -0.2) is 0 Å². The molecule has 3 nitrogen and oxygen atoms in total. The zero-order valence-corrected chi connectivity index (χ0v) is 13.6. The van der Waals surface area contributed by atoms with E-state index in [4.69, 9.17) is 4.74 Å². The van der Waals surface area contributed by atoms with E-state index < -0.39 is 0 Å². The smallest absolute Gasteiger partial charge is 0.220 e. The Hall–Kier alpha value is -1.77. The lowest BCUT2D eigenvalue weighted by Gasteiger charge is -2.13. The second-order valence-electron chi connectivity index (χ2n) is 5.98. The van der Waals surface area contributed by atoms with Crippen molar-refractivity contribution in [3.63, 3.8) is 0 Å². The van der Waals surface area contributed by atoms with Gasteiger partial charge < -0.3 is 10.1 Å². The van der Waals surface area contributed by atoms with Gasteiger partial charge in [-0.2, -0.15) is 0 Å². The van der Waals surface area contributed by atoms with E-state index in [9.17, 15) is 4.79 Å². The molecule has 0 fully saturated rings. The van der Waals surface area contributed by atoms with E-state index in [0.717, 1.165) is 25.1 Å². The molecule has 0 radical (unpaired) electrons. The fourth-order valence-electron chi connectivity index (χ4n) is 2.71. The summed E-state index contributed by atoms with van der Waals surface area (Å²) in [5.74, 6) is 1.01. The lowest BCUT2D eigenvalue weighted by molar-refractivity contribution is -0.121. The van der Waals surface area contributed by atoms with Gasteiger partial charge in [0.2, 0.25) is 5.91 Å². The predicted molar refractivity (Wildman–Crippen MR) is 90.1 cm³/mol. The van der Waals surface area contributed by atoms with Crippen LogP contribution in [0, 0.1) is 6.92 Å². The van der Waals surface area contributed by atoms with Crippen molar-refractivity contribution < 1.29 is 9.53 Å². The van der Waals surface area contributed by atoms with Crippen molar-refractivity contribution >= 4 is 5.91 Å². The van der Waals surface area contributed by atoms with E-state index >= 15 is 0 Å². The summed E-state index contributed by atoms with van der Waals surface area (Å²) >= 11 is 0. The highest BCUT2D eigenvalue weighted by atomic mass is 16.5. The monoisotopic (exact) mass is 301 g/mol. The van der Waals surface area contributed by atoms with Gasteiger partial charge in [0.1, 0.15) is 5.75 Å². The average Bonchev–Trinajstić information content (AvgIpc) is 2.53. The minimum atomic E-state index is 0.129. The molecular formula is C19H27NO2. The second kappa shape index (κ2) is 9.29. The Bertz CT molecular complexity index is 508. The lowest BCUT2D eigenvalue weighted by atomic mass is 9.97. The highest BCUT2D eigenvalue weighted by Crippen LogP contribution is 2.19. The number of ether oxygens (including phenoxy) is 1. The van der Waals surface area contributed by atoms with Crippen LogP contribution in [0.1, 0.15) is 50.5 Å². The maximum Gasteiger partial charge on any atom is 0.220 e. The van der Waals surface area contributed by atoms with Gasteiger partial charge >= 0.3 is 0 Å². The standard InChI is InChI=1S/C19H27NO2/c1-16-7-5-10-18(15-16)22-14-6-11-19(21)20-13-12-17-8-3-2-4-9-17/h5,7-8,10,15H,2-4,6,9,11-14H2,1H3,(H,20,21). The van der Waals surface area contributed by atoms with Gasteiger partial charge in [0.05, 0.1) is 6.61 Å². The lowest BCUT2D eigenvalue weighted by Crippen LogP contribution is -2.25. The van der Waals surface area contributed by atoms with Crippen LogP contribution in [-0.4, -0.2) is 19.1 Å². The molecule has 0 aliphatic heterocycles. The molecule has 0 aromatic heterocycles. The summed E-state index contributed by atoms with van der Waals surface area (Å²) in [5, 5.41) is 3.00. The van der Waals surface area contributed by atoms with Crippen molar-refractivity contribution in [3.05, 3.63) is 41.5 Å². The number of hydrogen-bond donors (Lipinski definition) is 1. The van der Waals surface area contributed by atoms with E-state index in [2.05, 4.69) is 11.4 Å². The van der Waals surface area contributed by atoms with Gasteiger partial charge in [-0.1, -0.05) is 23.8 Å². The summed E-state index contributed by atoms with van der Waals surface area (Å²) in [6, 6.07) is 7.99. The van der Waals surface area contributed by atoms with Gasteiger partial charge in [0, 0.05) is 13.0 Å². The van der Waals surface area contributed by atoms with E-state index in [1.807, 2.05) is 31.2 Å². The van der Waals surface area contributed by atoms with Crippen LogP contribution < -0.4 is 10.1 Å². The third kappa shape index (κ3) is 6.33. The Balaban J connectivity index is 1.53. The number of aryl methyl sites for hydroxylation is 1. The SMILES string of the molecule is Cc1cccc(OCCCC(=O)NCCC2=CCCCC2)c1. The molecule has 22 heavy (non-hydrogen) atoms. The van der Waals surface area contributed by atoms with Crippen LogP contribution in [0.5, 0.6) is 5.75 Å². The summed E-state index contributed by atoms with van der Waals surface area (Å²) in [7, 11) is 0. The molecule has 1 aromatic rings. The summed E-state index contributed by atoms with van der Waals surface area (Å²) in [6.45, 7) is 3.40. The topological polar surface area (TPSA) is 38.3 Å². The normalized spacial score (nSPS) is 14.3. The van der Waals surface area contributed by atoms with Crippen molar-refractivity contribution in [2.24, 2.45) is 0 Å². The van der Waals surface area contributed by atoms with Crippen molar-refractivity contribution in [3.8, 4) is 5.75 Å². The molecule has 120 valence electrons. The first-order valence-corrected chi connectivity index (χ1v) is 8.38. The summed E-state index contributed by atoms with van der Waals surface area (Å²) in [6.07, 6.45) is 9.66. The first kappa shape index (κ1) is 16.6. The van der Waals surface area contributed by atoms with Gasteiger partial charge in [0.15, 0.2) is 0 Å². The van der Waals surface area contributed by atoms with Crippen LogP contribution in [-0.2, 0) is 4.79 Å². The molecular weight excluding hydrogens is 274 g/mol. The molecule has 1 aromatic carbocycles. The molecule has 0 spiro atoms. The first-order chi connectivity index (χ1) is 10.7. The third-order valence-electron chi connectivity index (χ3n) is 3.96. The van der Waals surface area contributed by atoms with E-state index in [1.165, 1.54) is 36.8 Å². The molecule has 0 atom stereocenters. The van der Waals surface area contributed by atoms with Crippen LogP contribution in [0.15, 0.2) is 35.9 Å². The van der Waals surface area contributed by atoms with Crippen LogP contribution >= 0.6 is 0 Å². The summed E-state index contributed by atoms with van der Waals surface area (Å²) in [4.78, 5) is 11.8. The third-order valence-corrected chi connectivity index (χ3v) is 3.96. The number of allylic oxidation sites excluding steroid dienone is 1. The number of hydrogen-bond acceptors (Lipinski definition) is 2. The summed E-state index contributed by atoms with van der Waals surface area (Å²) in [5.41, 5.74) is 2.70. The van der Waals surface area contributed by atoms with E-state index in [-0.39, 0.29) is 5.91 Å². The molecule has 1 aliphatic rings. The van der Waals surface area contributed by atoms with Crippen molar-refractivity contribution in [2.75, 3.05) is 13.2 Å². The fourth-order valence-corrected chi connectivity index (χ4v) is 2.71. The highest BCUT2D eigenvalue weighted by Gasteiger charge is 2.05. The fraction of sp³-hybridized carbons (Fsp3) is 0.526.